The number of rotatable bonds is 5. The van der Waals surface area contributed by atoms with Crippen LogP contribution in [0.25, 0.3) is 0 Å². The van der Waals surface area contributed by atoms with E-state index >= 15 is 0 Å². The van der Waals surface area contributed by atoms with Crippen molar-refractivity contribution in [2.45, 2.75) is 25.5 Å². The average molecular weight is 316 g/mol. The topological polar surface area (TPSA) is 58.6 Å². The second kappa shape index (κ2) is 6.31. The first kappa shape index (κ1) is 15.1. The van der Waals surface area contributed by atoms with Crippen LogP contribution in [0.4, 0.5) is 0 Å². The van der Waals surface area contributed by atoms with E-state index in [1.54, 1.807) is 0 Å². The van der Waals surface area contributed by atoms with E-state index in [-0.39, 0.29) is 12.6 Å². The van der Waals surface area contributed by atoms with Crippen LogP contribution in [0.3, 0.4) is 0 Å². The van der Waals surface area contributed by atoms with Gasteiger partial charge >= 0.3 is 5.97 Å². The van der Waals surface area contributed by atoms with Gasteiger partial charge < -0.3 is 15.2 Å². The SMILES string of the molecule is COC(=O)C(C)(O)CN[C@@H](C)c1ccccc1Br. The van der Waals surface area contributed by atoms with Crippen molar-refractivity contribution in [1.82, 2.24) is 5.32 Å². The van der Waals surface area contributed by atoms with E-state index in [4.69, 9.17) is 0 Å². The fourth-order valence-electron chi connectivity index (χ4n) is 1.58. The summed E-state index contributed by atoms with van der Waals surface area (Å²) >= 11 is 3.47. The van der Waals surface area contributed by atoms with Gasteiger partial charge in [0.25, 0.3) is 0 Å². The first-order valence-corrected chi connectivity index (χ1v) is 6.46. The fraction of sp³-hybridized carbons (Fsp3) is 0.462. The summed E-state index contributed by atoms with van der Waals surface area (Å²) in [5.41, 5.74) is -0.456. The van der Waals surface area contributed by atoms with E-state index in [2.05, 4.69) is 26.0 Å². The highest BCUT2D eigenvalue weighted by Crippen LogP contribution is 2.23. The molecule has 2 N–H and O–H groups in total. The molecule has 1 aromatic rings. The van der Waals surface area contributed by atoms with E-state index in [0.29, 0.717) is 0 Å². The van der Waals surface area contributed by atoms with Crippen LogP contribution in [0.1, 0.15) is 25.5 Å². The summed E-state index contributed by atoms with van der Waals surface area (Å²) in [7, 11) is 1.26. The Hall–Kier alpha value is -0.910. The van der Waals surface area contributed by atoms with Crippen LogP contribution in [-0.4, -0.2) is 30.3 Å². The number of carbonyl (C=O) groups is 1. The lowest BCUT2D eigenvalue weighted by atomic mass is 10.0. The van der Waals surface area contributed by atoms with E-state index in [9.17, 15) is 9.90 Å². The Labute approximate surface area is 115 Å². The van der Waals surface area contributed by atoms with Gasteiger partial charge in [-0.2, -0.15) is 0 Å². The number of aliphatic hydroxyl groups is 1. The van der Waals surface area contributed by atoms with Crippen molar-refractivity contribution in [3.05, 3.63) is 34.3 Å². The number of carbonyl (C=O) groups excluding carboxylic acids is 1. The molecule has 5 heteroatoms. The van der Waals surface area contributed by atoms with Gasteiger partial charge in [0.05, 0.1) is 7.11 Å². The van der Waals surface area contributed by atoms with Gasteiger partial charge in [0.2, 0.25) is 0 Å². The molecule has 0 spiro atoms. The van der Waals surface area contributed by atoms with Gasteiger partial charge in [-0.15, -0.1) is 0 Å². The molecule has 1 rings (SSSR count). The number of esters is 1. The van der Waals surface area contributed by atoms with Crippen LogP contribution in [-0.2, 0) is 9.53 Å². The Morgan fingerprint density at radius 3 is 2.72 bits per heavy atom. The van der Waals surface area contributed by atoms with Gasteiger partial charge in [0.1, 0.15) is 0 Å². The number of ether oxygens (including phenoxy) is 1. The number of methoxy groups -OCH3 is 1. The Kier molecular flexibility index (Phi) is 5.31. The molecule has 0 saturated heterocycles. The molecule has 0 radical (unpaired) electrons. The van der Waals surface area contributed by atoms with Crippen LogP contribution in [0.5, 0.6) is 0 Å². The van der Waals surface area contributed by atoms with Crippen molar-refractivity contribution < 1.29 is 14.6 Å². The summed E-state index contributed by atoms with van der Waals surface area (Å²) in [6.07, 6.45) is 0. The first-order chi connectivity index (χ1) is 8.38. The van der Waals surface area contributed by atoms with Crippen molar-refractivity contribution in [1.29, 1.82) is 0 Å². The highest BCUT2D eigenvalue weighted by molar-refractivity contribution is 9.10. The van der Waals surface area contributed by atoms with Gasteiger partial charge in [-0.25, -0.2) is 4.79 Å². The second-order valence-electron chi connectivity index (χ2n) is 4.39. The Morgan fingerprint density at radius 2 is 2.17 bits per heavy atom. The standard InChI is InChI=1S/C13H18BrNO3/c1-9(10-6-4-5-7-11(10)14)15-8-13(2,17)12(16)18-3/h4-7,9,15,17H,8H2,1-3H3/t9-,13?/m0/s1. The Bertz CT molecular complexity index is 420. The predicted octanol–water partition coefficient (Wildman–Crippen LogP) is 2.02. The summed E-state index contributed by atoms with van der Waals surface area (Å²) in [6, 6.07) is 7.82. The number of halogens is 1. The zero-order valence-electron chi connectivity index (χ0n) is 10.7. The van der Waals surface area contributed by atoms with Crippen LogP contribution in [0, 0.1) is 0 Å². The first-order valence-electron chi connectivity index (χ1n) is 5.67. The molecule has 1 unspecified atom stereocenters. The normalized spacial score (nSPS) is 15.8. The minimum atomic E-state index is -1.52. The summed E-state index contributed by atoms with van der Waals surface area (Å²) in [4.78, 5) is 11.3. The lowest BCUT2D eigenvalue weighted by Crippen LogP contribution is -2.46. The fourth-order valence-corrected chi connectivity index (χ4v) is 2.21. The third-order valence-electron chi connectivity index (χ3n) is 2.75. The van der Waals surface area contributed by atoms with Gasteiger partial charge in [0, 0.05) is 17.1 Å². The van der Waals surface area contributed by atoms with Crippen LogP contribution in [0.15, 0.2) is 28.7 Å². The van der Waals surface area contributed by atoms with Gasteiger partial charge in [0.15, 0.2) is 5.60 Å². The largest absolute Gasteiger partial charge is 0.467 e. The molecule has 4 nitrogen and oxygen atoms in total. The Morgan fingerprint density at radius 1 is 1.56 bits per heavy atom. The number of nitrogens with one attached hydrogen (secondary N) is 1. The summed E-state index contributed by atoms with van der Waals surface area (Å²) in [6.45, 7) is 3.52. The third kappa shape index (κ3) is 3.80. The predicted molar refractivity (Wildman–Crippen MR) is 73.2 cm³/mol. The van der Waals surface area contributed by atoms with E-state index < -0.39 is 11.6 Å². The minimum Gasteiger partial charge on any atom is -0.467 e. The van der Waals surface area contributed by atoms with Crippen molar-refractivity contribution >= 4 is 21.9 Å². The maximum atomic E-state index is 11.3. The summed E-state index contributed by atoms with van der Waals surface area (Å²) < 4.78 is 5.53. The molecule has 0 saturated carbocycles. The van der Waals surface area contributed by atoms with E-state index in [1.807, 2.05) is 31.2 Å². The van der Waals surface area contributed by atoms with Crippen LogP contribution < -0.4 is 5.32 Å². The Balaban J connectivity index is 2.64. The lowest BCUT2D eigenvalue weighted by molar-refractivity contribution is -0.160. The quantitative estimate of drug-likeness (QED) is 0.816. The maximum Gasteiger partial charge on any atom is 0.338 e. The zero-order chi connectivity index (χ0) is 13.8. The van der Waals surface area contributed by atoms with E-state index in [0.717, 1.165) is 10.0 Å². The van der Waals surface area contributed by atoms with Crippen molar-refractivity contribution in [2.24, 2.45) is 0 Å². The zero-order valence-corrected chi connectivity index (χ0v) is 12.3. The molecular formula is C13H18BrNO3. The van der Waals surface area contributed by atoms with Crippen LogP contribution >= 0.6 is 15.9 Å². The number of benzene rings is 1. The molecule has 1 aromatic carbocycles. The van der Waals surface area contributed by atoms with E-state index in [1.165, 1.54) is 14.0 Å². The highest BCUT2D eigenvalue weighted by atomic mass is 79.9. The van der Waals surface area contributed by atoms with Crippen LogP contribution in [0.2, 0.25) is 0 Å². The number of hydrogen-bond acceptors (Lipinski definition) is 4. The molecule has 0 aliphatic carbocycles. The average Bonchev–Trinajstić information content (AvgIpc) is 2.35. The number of hydrogen-bond donors (Lipinski definition) is 2. The molecule has 100 valence electrons. The summed E-state index contributed by atoms with van der Waals surface area (Å²) in [5.74, 6) is -0.644. The lowest BCUT2D eigenvalue weighted by Gasteiger charge is -2.24. The summed E-state index contributed by atoms with van der Waals surface area (Å²) in [5, 5.41) is 13.0. The minimum absolute atomic E-state index is 0.0108. The monoisotopic (exact) mass is 315 g/mol. The smallest absolute Gasteiger partial charge is 0.338 e. The molecule has 0 fully saturated rings. The maximum absolute atomic E-state index is 11.3. The third-order valence-corrected chi connectivity index (χ3v) is 3.47. The highest BCUT2D eigenvalue weighted by Gasteiger charge is 2.31. The molecule has 18 heavy (non-hydrogen) atoms. The van der Waals surface area contributed by atoms with Gasteiger partial charge in [-0.3, -0.25) is 0 Å². The molecule has 0 aromatic heterocycles. The van der Waals surface area contributed by atoms with Crippen molar-refractivity contribution in [3.63, 3.8) is 0 Å². The molecular weight excluding hydrogens is 298 g/mol. The second-order valence-corrected chi connectivity index (χ2v) is 5.24. The molecule has 0 amide bonds. The van der Waals surface area contributed by atoms with Crippen molar-refractivity contribution in [2.75, 3.05) is 13.7 Å². The van der Waals surface area contributed by atoms with Crippen molar-refractivity contribution in [3.8, 4) is 0 Å². The molecule has 0 heterocycles. The molecule has 0 aliphatic rings. The molecule has 0 bridgehead atoms. The molecule has 2 atom stereocenters. The van der Waals surface area contributed by atoms with Gasteiger partial charge in [-0.05, 0) is 25.5 Å². The van der Waals surface area contributed by atoms with Gasteiger partial charge in [-0.1, -0.05) is 34.1 Å². The molecule has 0 aliphatic heterocycles.